The molecule has 0 aliphatic heterocycles. The van der Waals surface area contributed by atoms with Crippen molar-refractivity contribution in [3.63, 3.8) is 0 Å². The number of aromatic nitrogens is 3. The Labute approximate surface area is 188 Å². The van der Waals surface area contributed by atoms with Crippen LogP contribution < -0.4 is 10.2 Å². The molecule has 0 spiro atoms. The van der Waals surface area contributed by atoms with Crippen molar-refractivity contribution in [3.05, 3.63) is 53.4 Å². The number of carboxylic acids is 1. The molecular formula is C20H16F3N5O4S. The smallest absolute Gasteiger partial charge is 0.490 e. The van der Waals surface area contributed by atoms with Crippen LogP contribution in [0.5, 0.6) is 5.75 Å². The first-order valence-electron chi connectivity index (χ1n) is 9.07. The highest BCUT2D eigenvalue weighted by Crippen LogP contribution is 2.24. The number of thiazole rings is 1. The Hall–Kier alpha value is -4.13. The van der Waals surface area contributed by atoms with Gasteiger partial charge in [0, 0.05) is 23.8 Å². The van der Waals surface area contributed by atoms with Crippen LogP contribution >= 0.6 is 11.3 Å². The van der Waals surface area contributed by atoms with Crippen LogP contribution in [0.15, 0.2) is 53.4 Å². The van der Waals surface area contributed by atoms with Crippen molar-refractivity contribution in [1.29, 1.82) is 0 Å². The number of H-pyrrole nitrogens is 1. The topological polar surface area (TPSA) is 131 Å². The van der Waals surface area contributed by atoms with Crippen LogP contribution in [0, 0.1) is 0 Å². The Morgan fingerprint density at radius 3 is 2.39 bits per heavy atom. The highest BCUT2D eigenvalue weighted by atomic mass is 32.1. The van der Waals surface area contributed by atoms with E-state index in [1.165, 1.54) is 28.4 Å². The largest absolute Gasteiger partial charge is 0.508 e. The number of phenolic OH excluding ortho intramolecular Hbond substituents is 1. The summed E-state index contributed by atoms with van der Waals surface area (Å²) in [4.78, 5) is 34.8. The second kappa shape index (κ2) is 9.56. The molecule has 33 heavy (non-hydrogen) atoms. The Morgan fingerprint density at radius 2 is 1.82 bits per heavy atom. The molecule has 0 atom stereocenters. The summed E-state index contributed by atoms with van der Waals surface area (Å²) in [5.41, 5.74) is 5.49. The molecule has 4 N–H and O–H groups in total. The first-order chi connectivity index (χ1) is 15.5. The number of hydrogen-bond donors (Lipinski definition) is 4. The standard InChI is InChI=1S/C18H15N5O2S.C2HF3O2/c1-23(12-3-5-13(24)6-4-12)18(25)20-11-2-7-14-15(8-11)22-17(21-14)16-9-26-10-19-16;3-2(4,5)1(6)7/h2-10,24H,1H3,(H,20,25)(H,21,22);(H,6,7). The highest BCUT2D eigenvalue weighted by molar-refractivity contribution is 7.07. The predicted molar refractivity (Wildman–Crippen MR) is 116 cm³/mol. The predicted octanol–water partition coefficient (Wildman–Crippen LogP) is 4.69. The summed E-state index contributed by atoms with van der Waals surface area (Å²) in [7, 11) is 1.66. The average Bonchev–Trinajstić information content (AvgIpc) is 3.43. The van der Waals surface area contributed by atoms with Crippen molar-refractivity contribution in [2.45, 2.75) is 6.18 Å². The molecule has 2 amide bonds. The number of halogens is 3. The van der Waals surface area contributed by atoms with Gasteiger partial charge in [-0.2, -0.15) is 13.2 Å². The number of carbonyl (C=O) groups excluding carboxylic acids is 1. The van der Waals surface area contributed by atoms with E-state index in [2.05, 4.69) is 20.3 Å². The summed E-state index contributed by atoms with van der Waals surface area (Å²) in [5, 5.41) is 21.2. The van der Waals surface area contributed by atoms with Gasteiger partial charge in [0.1, 0.15) is 11.4 Å². The van der Waals surface area contributed by atoms with Gasteiger partial charge in [0.25, 0.3) is 0 Å². The maximum Gasteiger partial charge on any atom is 0.490 e. The number of anilines is 2. The molecule has 0 fully saturated rings. The van der Waals surface area contributed by atoms with Crippen molar-refractivity contribution < 1.29 is 33.0 Å². The third-order valence-corrected chi connectivity index (χ3v) is 4.78. The number of carboxylic acid groups (broad SMARTS) is 1. The number of carbonyl (C=O) groups is 2. The zero-order valence-electron chi connectivity index (χ0n) is 16.8. The van der Waals surface area contributed by atoms with Crippen molar-refractivity contribution >= 4 is 45.7 Å². The average molecular weight is 479 g/mol. The van der Waals surface area contributed by atoms with Crippen LogP contribution in [0.25, 0.3) is 22.6 Å². The lowest BCUT2D eigenvalue weighted by Gasteiger charge is -2.18. The Balaban J connectivity index is 0.000000383. The molecule has 9 nitrogen and oxygen atoms in total. The van der Waals surface area contributed by atoms with Crippen LogP contribution in [0.3, 0.4) is 0 Å². The fourth-order valence-electron chi connectivity index (χ4n) is 2.54. The van der Waals surface area contributed by atoms with E-state index >= 15 is 0 Å². The van der Waals surface area contributed by atoms with Gasteiger partial charge in [-0.15, -0.1) is 11.3 Å². The van der Waals surface area contributed by atoms with Gasteiger partial charge in [-0.1, -0.05) is 0 Å². The molecule has 4 aromatic rings. The van der Waals surface area contributed by atoms with Crippen molar-refractivity contribution in [2.75, 3.05) is 17.3 Å². The molecule has 4 rings (SSSR count). The molecular weight excluding hydrogens is 463 g/mol. The summed E-state index contributed by atoms with van der Waals surface area (Å²) in [6.07, 6.45) is -5.08. The monoisotopic (exact) mass is 479 g/mol. The zero-order chi connectivity index (χ0) is 24.2. The summed E-state index contributed by atoms with van der Waals surface area (Å²) < 4.78 is 31.7. The zero-order valence-corrected chi connectivity index (χ0v) is 17.6. The third-order valence-electron chi connectivity index (χ3n) is 4.19. The number of alkyl halides is 3. The molecule has 172 valence electrons. The number of benzene rings is 2. The molecule has 13 heteroatoms. The minimum Gasteiger partial charge on any atom is -0.508 e. The number of rotatable bonds is 3. The first kappa shape index (κ1) is 23.5. The molecule has 0 radical (unpaired) electrons. The number of amides is 2. The van der Waals surface area contributed by atoms with E-state index in [1.807, 2.05) is 23.6 Å². The number of imidazole rings is 1. The summed E-state index contributed by atoms with van der Waals surface area (Å²) in [6.45, 7) is 0. The lowest BCUT2D eigenvalue weighted by atomic mass is 10.2. The van der Waals surface area contributed by atoms with E-state index < -0.39 is 12.1 Å². The van der Waals surface area contributed by atoms with E-state index in [-0.39, 0.29) is 11.8 Å². The van der Waals surface area contributed by atoms with Crippen LogP contribution in [0.1, 0.15) is 0 Å². The number of nitrogens with zero attached hydrogens (tertiary/aromatic N) is 3. The molecule has 0 aliphatic rings. The van der Waals surface area contributed by atoms with Crippen molar-refractivity contribution in [3.8, 4) is 17.3 Å². The second-order valence-corrected chi connectivity index (χ2v) is 7.22. The molecule has 2 aromatic carbocycles. The first-order valence-corrected chi connectivity index (χ1v) is 10.0. The SMILES string of the molecule is CN(C(=O)Nc1ccc2[nH]c(-c3cscn3)nc2c1)c1ccc(O)cc1.O=C(O)C(F)(F)F. The van der Waals surface area contributed by atoms with Gasteiger partial charge in [-0.25, -0.2) is 19.6 Å². The van der Waals surface area contributed by atoms with Crippen LogP contribution in [-0.2, 0) is 4.79 Å². The molecule has 0 unspecified atom stereocenters. The van der Waals surface area contributed by atoms with Crippen LogP contribution in [-0.4, -0.2) is 50.4 Å². The maximum absolute atomic E-state index is 12.4. The molecule has 0 aliphatic carbocycles. The van der Waals surface area contributed by atoms with Crippen LogP contribution in [0.2, 0.25) is 0 Å². The van der Waals surface area contributed by atoms with E-state index in [4.69, 9.17) is 9.90 Å². The summed E-state index contributed by atoms with van der Waals surface area (Å²) >= 11 is 1.51. The Morgan fingerprint density at radius 1 is 1.15 bits per heavy atom. The molecule has 0 bridgehead atoms. The Bertz CT molecular complexity index is 1260. The second-order valence-electron chi connectivity index (χ2n) is 6.50. The molecule has 0 saturated heterocycles. The van der Waals surface area contributed by atoms with Crippen molar-refractivity contribution in [2.24, 2.45) is 0 Å². The molecule has 0 saturated carbocycles. The lowest BCUT2D eigenvalue weighted by Crippen LogP contribution is -2.31. The van der Waals surface area contributed by atoms with Gasteiger partial charge in [0.2, 0.25) is 0 Å². The number of hydrogen-bond acceptors (Lipinski definition) is 6. The van der Waals surface area contributed by atoms with Gasteiger partial charge in [-0.3, -0.25) is 4.90 Å². The number of urea groups is 1. The van der Waals surface area contributed by atoms with E-state index in [9.17, 15) is 23.1 Å². The highest BCUT2D eigenvalue weighted by Gasteiger charge is 2.38. The summed E-state index contributed by atoms with van der Waals surface area (Å²) in [5.74, 6) is -1.90. The molecule has 2 heterocycles. The quantitative estimate of drug-likeness (QED) is 0.337. The van der Waals surface area contributed by atoms with E-state index in [0.717, 1.165) is 16.7 Å². The normalized spacial score (nSPS) is 10.9. The minimum absolute atomic E-state index is 0.155. The number of fused-ring (bicyclic) bond motifs is 1. The molecule has 2 aromatic heterocycles. The number of aromatic hydroxyl groups is 1. The van der Waals surface area contributed by atoms with Gasteiger partial charge >= 0.3 is 18.2 Å². The number of aliphatic carboxylic acids is 1. The van der Waals surface area contributed by atoms with Gasteiger partial charge in [-0.05, 0) is 42.5 Å². The number of aromatic amines is 1. The lowest BCUT2D eigenvalue weighted by molar-refractivity contribution is -0.192. The third kappa shape index (κ3) is 5.98. The van der Waals surface area contributed by atoms with E-state index in [0.29, 0.717) is 17.2 Å². The van der Waals surface area contributed by atoms with Crippen molar-refractivity contribution in [1.82, 2.24) is 15.0 Å². The minimum atomic E-state index is -5.08. The number of nitrogens with one attached hydrogen (secondary N) is 2. The van der Waals surface area contributed by atoms with Gasteiger partial charge in [0.05, 0.1) is 16.5 Å². The summed E-state index contributed by atoms with van der Waals surface area (Å²) in [6, 6.07) is 11.6. The van der Waals surface area contributed by atoms with E-state index in [1.54, 1.807) is 24.7 Å². The van der Waals surface area contributed by atoms with Gasteiger partial charge in [0.15, 0.2) is 5.82 Å². The maximum atomic E-state index is 12.4. The van der Waals surface area contributed by atoms with Crippen LogP contribution in [0.4, 0.5) is 29.3 Å². The fourth-order valence-corrected chi connectivity index (χ4v) is 3.07. The Kier molecular flexibility index (Phi) is 6.82. The van der Waals surface area contributed by atoms with Gasteiger partial charge < -0.3 is 20.5 Å². The number of phenols is 1. The fraction of sp³-hybridized carbons (Fsp3) is 0.100.